The Kier molecular flexibility index (Phi) is 3.09. The molecule has 0 heterocycles. The summed E-state index contributed by atoms with van der Waals surface area (Å²) in [5.74, 6) is 0.842. The minimum Gasteiger partial charge on any atom is -0.393 e. The summed E-state index contributed by atoms with van der Waals surface area (Å²) in [7, 11) is 0. The zero-order valence-electron chi connectivity index (χ0n) is 11.1. The molecule has 2 bridgehead atoms. The van der Waals surface area contributed by atoms with Crippen molar-refractivity contribution in [2.24, 2.45) is 16.7 Å². The summed E-state index contributed by atoms with van der Waals surface area (Å²) in [4.78, 5) is 0. The molecule has 2 aliphatic rings. The molecule has 1 N–H and O–H groups in total. The van der Waals surface area contributed by atoms with Gasteiger partial charge in [-0.2, -0.15) is 0 Å². The maximum Gasteiger partial charge on any atom is 0.0636 e. The van der Waals surface area contributed by atoms with Gasteiger partial charge >= 0.3 is 0 Å². The summed E-state index contributed by atoms with van der Waals surface area (Å²) in [6.07, 6.45) is 4.85. The van der Waals surface area contributed by atoms with Crippen molar-refractivity contribution in [3.63, 3.8) is 0 Å². The molecule has 0 aromatic rings. The van der Waals surface area contributed by atoms with Gasteiger partial charge in [0.05, 0.1) is 12.2 Å². The van der Waals surface area contributed by atoms with Gasteiger partial charge in [0.25, 0.3) is 0 Å². The molecule has 2 nitrogen and oxygen atoms in total. The van der Waals surface area contributed by atoms with E-state index in [4.69, 9.17) is 4.74 Å². The van der Waals surface area contributed by atoms with Crippen molar-refractivity contribution < 1.29 is 9.84 Å². The van der Waals surface area contributed by atoms with E-state index in [0.29, 0.717) is 23.5 Å². The lowest BCUT2D eigenvalue weighted by Gasteiger charge is -2.39. The van der Waals surface area contributed by atoms with E-state index in [1.807, 2.05) is 6.92 Å². The highest BCUT2D eigenvalue weighted by Gasteiger charge is 2.61. The Bertz CT molecular complexity index is 259. The number of aliphatic hydroxyl groups excluding tert-OH is 1. The van der Waals surface area contributed by atoms with Gasteiger partial charge in [0.2, 0.25) is 0 Å². The lowest BCUT2D eigenvalue weighted by atomic mass is 9.70. The SMILES string of the molecule is CC(O)CCOC1CC2CCC1(C)C2(C)C. The minimum absolute atomic E-state index is 0.237. The standard InChI is InChI=1S/C14H26O2/c1-10(15)6-8-16-12-9-11-5-7-14(12,4)13(11,2)3/h10-12,15H,5-9H2,1-4H3. The van der Waals surface area contributed by atoms with Crippen LogP contribution in [0.15, 0.2) is 0 Å². The molecule has 16 heavy (non-hydrogen) atoms. The molecule has 0 aromatic heterocycles. The summed E-state index contributed by atoms with van der Waals surface area (Å²) < 4.78 is 6.03. The van der Waals surface area contributed by atoms with E-state index in [1.165, 1.54) is 19.3 Å². The van der Waals surface area contributed by atoms with E-state index in [-0.39, 0.29) is 6.10 Å². The molecule has 0 saturated heterocycles. The number of ether oxygens (including phenoxy) is 1. The zero-order chi connectivity index (χ0) is 12.0. The van der Waals surface area contributed by atoms with Crippen molar-refractivity contribution in [2.45, 2.75) is 65.6 Å². The van der Waals surface area contributed by atoms with Gasteiger partial charge in [-0.3, -0.25) is 0 Å². The number of hydrogen-bond donors (Lipinski definition) is 1. The van der Waals surface area contributed by atoms with Crippen LogP contribution in [-0.4, -0.2) is 23.9 Å². The van der Waals surface area contributed by atoms with Gasteiger partial charge < -0.3 is 9.84 Å². The number of rotatable bonds is 4. The van der Waals surface area contributed by atoms with Gasteiger partial charge in [0, 0.05) is 6.61 Å². The van der Waals surface area contributed by atoms with E-state index >= 15 is 0 Å². The van der Waals surface area contributed by atoms with Crippen LogP contribution in [0, 0.1) is 16.7 Å². The van der Waals surface area contributed by atoms with Gasteiger partial charge in [-0.15, -0.1) is 0 Å². The molecule has 4 unspecified atom stereocenters. The quantitative estimate of drug-likeness (QED) is 0.798. The third kappa shape index (κ3) is 1.70. The van der Waals surface area contributed by atoms with Crippen molar-refractivity contribution >= 4 is 0 Å². The summed E-state index contributed by atoms with van der Waals surface area (Å²) >= 11 is 0. The van der Waals surface area contributed by atoms with Crippen molar-refractivity contribution in [1.82, 2.24) is 0 Å². The molecule has 2 aliphatic carbocycles. The number of fused-ring (bicyclic) bond motifs is 2. The van der Waals surface area contributed by atoms with Gasteiger partial charge in [-0.1, -0.05) is 20.8 Å². The lowest BCUT2D eigenvalue weighted by molar-refractivity contribution is -0.0537. The summed E-state index contributed by atoms with van der Waals surface area (Å²) in [6.45, 7) is 9.75. The first kappa shape index (κ1) is 12.4. The number of hydrogen-bond acceptors (Lipinski definition) is 2. The van der Waals surface area contributed by atoms with Crippen LogP contribution in [0.5, 0.6) is 0 Å². The van der Waals surface area contributed by atoms with Crippen molar-refractivity contribution in [3.05, 3.63) is 0 Å². The van der Waals surface area contributed by atoms with Crippen molar-refractivity contribution in [1.29, 1.82) is 0 Å². The highest BCUT2D eigenvalue weighted by atomic mass is 16.5. The normalized spacial score (nSPS) is 42.6. The Balaban J connectivity index is 1.94. The molecule has 0 radical (unpaired) electrons. The topological polar surface area (TPSA) is 29.5 Å². The molecule has 0 spiro atoms. The monoisotopic (exact) mass is 226 g/mol. The average molecular weight is 226 g/mol. The Morgan fingerprint density at radius 2 is 2.06 bits per heavy atom. The van der Waals surface area contributed by atoms with Gasteiger partial charge in [0.1, 0.15) is 0 Å². The van der Waals surface area contributed by atoms with Crippen molar-refractivity contribution in [3.8, 4) is 0 Å². The van der Waals surface area contributed by atoms with E-state index in [9.17, 15) is 5.11 Å². The molecule has 2 heteroatoms. The lowest BCUT2D eigenvalue weighted by Crippen LogP contribution is -2.37. The second-order valence-corrected chi connectivity index (χ2v) is 6.61. The molecule has 0 amide bonds. The first-order valence-corrected chi connectivity index (χ1v) is 6.67. The average Bonchev–Trinajstić information content (AvgIpc) is 2.49. The van der Waals surface area contributed by atoms with Gasteiger partial charge in [0.15, 0.2) is 0 Å². The van der Waals surface area contributed by atoms with Crippen LogP contribution < -0.4 is 0 Å². The second-order valence-electron chi connectivity index (χ2n) is 6.61. The third-order valence-corrected chi connectivity index (χ3v) is 5.57. The predicted octanol–water partition coefficient (Wildman–Crippen LogP) is 2.99. The fourth-order valence-electron chi connectivity index (χ4n) is 3.76. The maximum absolute atomic E-state index is 9.25. The maximum atomic E-state index is 9.25. The fraction of sp³-hybridized carbons (Fsp3) is 1.00. The molecule has 94 valence electrons. The molecule has 0 aliphatic heterocycles. The Hall–Kier alpha value is -0.0800. The molecular weight excluding hydrogens is 200 g/mol. The summed E-state index contributed by atoms with van der Waals surface area (Å²) in [5, 5.41) is 9.25. The van der Waals surface area contributed by atoms with Crippen molar-refractivity contribution in [2.75, 3.05) is 6.61 Å². The first-order valence-electron chi connectivity index (χ1n) is 6.67. The van der Waals surface area contributed by atoms with Crippen LogP contribution in [-0.2, 0) is 4.74 Å². The fourth-order valence-corrected chi connectivity index (χ4v) is 3.76. The highest BCUT2D eigenvalue weighted by molar-refractivity contribution is 5.11. The van der Waals surface area contributed by atoms with Gasteiger partial charge in [-0.25, -0.2) is 0 Å². The predicted molar refractivity (Wildman–Crippen MR) is 65.3 cm³/mol. The van der Waals surface area contributed by atoms with Crippen LogP contribution >= 0.6 is 0 Å². The highest BCUT2D eigenvalue weighted by Crippen LogP contribution is 2.66. The Morgan fingerprint density at radius 1 is 1.38 bits per heavy atom. The van der Waals surface area contributed by atoms with Gasteiger partial charge in [-0.05, 0) is 49.4 Å². The van der Waals surface area contributed by atoms with Crippen LogP contribution in [0.3, 0.4) is 0 Å². The molecular formula is C14H26O2. The minimum atomic E-state index is -0.237. The van der Waals surface area contributed by atoms with Crippen LogP contribution in [0.2, 0.25) is 0 Å². The summed E-state index contributed by atoms with van der Waals surface area (Å²) in [5.41, 5.74) is 0.791. The summed E-state index contributed by atoms with van der Waals surface area (Å²) in [6, 6.07) is 0. The second kappa shape index (κ2) is 3.99. The molecule has 2 fully saturated rings. The molecule has 0 aromatic carbocycles. The molecule has 2 saturated carbocycles. The van der Waals surface area contributed by atoms with E-state index in [1.54, 1.807) is 0 Å². The molecule has 4 atom stereocenters. The van der Waals surface area contributed by atoms with Crippen LogP contribution in [0.1, 0.15) is 53.4 Å². The largest absolute Gasteiger partial charge is 0.393 e. The zero-order valence-corrected chi connectivity index (χ0v) is 11.1. The Morgan fingerprint density at radius 3 is 2.50 bits per heavy atom. The number of aliphatic hydroxyl groups is 1. The van der Waals surface area contributed by atoms with E-state index in [0.717, 1.165) is 12.3 Å². The smallest absolute Gasteiger partial charge is 0.0636 e. The van der Waals surface area contributed by atoms with E-state index < -0.39 is 0 Å². The van der Waals surface area contributed by atoms with Crippen LogP contribution in [0.25, 0.3) is 0 Å². The first-order chi connectivity index (χ1) is 7.38. The Labute approximate surface area is 99.4 Å². The van der Waals surface area contributed by atoms with Crippen LogP contribution in [0.4, 0.5) is 0 Å². The third-order valence-electron chi connectivity index (χ3n) is 5.57. The molecule has 2 rings (SSSR count). The van der Waals surface area contributed by atoms with E-state index in [2.05, 4.69) is 20.8 Å².